The van der Waals surface area contributed by atoms with Crippen molar-refractivity contribution in [1.29, 1.82) is 5.26 Å². The van der Waals surface area contributed by atoms with Crippen molar-refractivity contribution in [2.24, 2.45) is 0 Å². The minimum absolute atomic E-state index is 0.489. The van der Waals surface area contributed by atoms with E-state index < -0.39 is 5.41 Å². The maximum absolute atomic E-state index is 9.80. The third-order valence-electron chi connectivity index (χ3n) is 4.91. The predicted molar refractivity (Wildman–Crippen MR) is 93.5 cm³/mol. The van der Waals surface area contributed by atoms with Crippen LogP contribution in [0.15, 0.2) is 36.5 Å². The lowest BCUT2D eigenvalue weighted by Crippen LogP contribution is -2.39. The van der Waals surface area contributed by atoms with Crippen molar-refractivity contribution in [2.75, 3.05) is 13.1 Å². The van der Waals surface area contributed by atoms with Crippen molar-refractivity contribution in [3.05, 3.63) is 47.9 Å². The van der Waals surface area contributed by atoms with E-state index in [1.54, 1.807) is 6.20 Å². The van der Waals surface area contributed by atoms with Crippen LogP contribution < -0.4 is 5.32 Å². The van der Waals surface area contributed by atoms with Gasteiger partial charge in [-0.15, -0.1) is 0 Å². The first-order valence-electron chi connectivity index (χ1n) is 8.27. The molecule has 0 saturated carbocycles. The SMILES string of the molecule is Cc1[nH]c(-c2cccc(C3(C#N)CCNCC3)n2)c2cccnc12. The Hall–Kier alpha value is -2.71. The summed E-state index contributed by atoms with van der Waals surface area (Å²) in [6, 6.07) is 12.5. The molecule has 0 aromatic carbocycles. The van der Waals surface area contributed by atoms with Gasteiger partial charge in [-0.3, -0.25) is 4.98 Å². The predicted octanol–water partition coefficient (Wildman–Crippen LogP) is 3.08. The van der Waals surface area contributed by atoms with Gasteiger partial charge in [0.15, 0.2) is 0 Å². The topological polar surface area (TPSA) is 77.4 Å². The van der Waals surface area contributed by atoms with Crippen molar-refractivity contribution in [3.8, 4) is 17.5 Å². The van der Waals surface area contributed by atoms with Gasteiger partial charge in [0.05, 0.1) is 28.7 Å². The number of H-pyrrole nitrogens is 1. The van der Waals surface area contributed by atoms with E-state index in [9.17, 15) is 5.26 Å². The number of hydrogen-bond acceptors (Lipinski definition) is 4. The van der Waals surface area contributed by atoms with E-state index >= 15 is 0 Å². The maximum atomic E-state index is 9.80. The van der Waals surface area contributed by atoms with E-state index in [1.807, 2.05) is 31.2 Å². The van der Waals surface area contributed by atoms with Crippen molar-refractivity contribution in [1.82, 2.24) is 20.3 Å². The lowest BCUT2D eigenvalue weighted by Gasteiger charge is -2.30. The van der Waals surface area contributed by atoms with Crippen LogP contribution in [0.5, 0.6) is 0 Å². The minimum Gasteiger partial charge on any atom is -0.355 e. The highest BCUT2D eigenvalue weighted by molar-refractivity contribution is 5.94. The molecule has 0 aliphatic carbocycles. The highest BCUT2D eigenvalue weighted by atomic mass is 14.9. The second-order valence-corrected chi connectivity index (χ2v) is 6.38. The minimum atomic E-state index is -0.489. The molecule has 0 radical (unpaired) electrons. The summed E-state index contributed by atoms with van der Waals surface area (Å²) in [7, 11) is 0. The van der Waals surface area contributed by atoms with E-state index in [0.717, 1.165) is 59.6 Å². The Morgan fingerprint density at radius 2 is 2.00 bits per heavy atom. The molecular weight excluding hydrogens is 298 g/mol. The van der Waals surface area contributed by atoms with Gasteiger partial charge >= 0.3 is 0 Å². The first-order valence-corrected chi connectivity index (χ1v) is 8.27. The molecule has 1 saturated heterocycles. The van der Waals surface area contributed by atoms with Crippen LogP contribution in [0.4, 0.5) is 0 Å². The molecular formula is C19H19N5. The molecule has 1 fully saturated rings. The highest BCUT2D eigenvalue weighted by Crippen LogP contribution is 2.34. The van der Waals surface area contributed by atoms with Crippen molar-refractivity contribution in [3.63, 3.8) is 0 Å². The lowest BCUT2D eigenvalue weighted by molar-refractivity contribution is 0.375. The fourth-order valence-corrected chi connectivity index (χ4v) is 3.54. The smallest absolute Gasteiger partial charge is 0.102 e. The Morgan fingerprint density at radius 1 is 1.17 bits per heavy atom. The Balaban J connectivity index is 1.84. The van der Waals surface area contributed by atoms with Gasteiger partial charge in [0, 0.05) is 17.3 Å². The van der Waals surface area contributed by atoms with Gasteiger partial charge in [0.1, 0.15) is 5.41 Å². The van der Waals surface area contributed by atoms with E-state index in [1.165, 1.54) is 0 Å². The van der Waals surface area contributed by atoms with Gasteiger partial charge in [0.2, 0.25) is 0 Å². The molecule has 24 heavy (non-hydrogen) atoms. The molecule has 3 aromatic rings. The number of rotatable bonds is 2. The molecule has 0 spiro atoms. The van der Waals surface area contributed by atoms with Gasteiger partial charge in [-0.25, -0.2) is 4.98 Å². The summed E-state index contributed by atoms with van der Waals surface area (Å²) in [6.45, 7) is 3.73. The lowest BCUT2D eigenvalue weighted by atomic mass is 9.77. The number of fused-ring (bicyclic) bond motifs is 1. The molecule has 4 rings (SSSR count). The molecule has 5 heteroatoms. The van der Waals surface area contributed by atoms with Crippen molar-refractivity contribution >= 4 is 10.9 Å². The number of hydrogen-bond donors (Lipinski definition) is 2. The number of nitriles is 1. The van der Waals surface area contributed by atoms with E-state index in [-0.39, 0.29) is 0 Å². The molecule has 1 aliphatic rings. The maximum Gasteiger partial charge on any atom is 0.102 e. The third kappa shape index (κ3) is 2.27. The second kappa shape index (κ2) is 5.73. The molecule has 0 amide bonds. The van der Waals surface area contributed by atoms with Crippen LogP contribution >= 0.6 is 0 Å². The summed E-state index contributed by atoms with van der Waals surface area (Å²) in [5.74, 6) is 0. The fourth-order valence-electron chi connectivity index (χ4n) is 3.54. The standard InChI is InChI=1S/C19H19N5/c1-13-17-14(4-3-9-22-17)18(23-13)15-5-2-6-16(24-15)19(12-20)7-10-21-11-8-19/h2-6,9,21,23H,7-8,10-11H2,1H3. The zero-order valence-corrected chi connectivity index (χ0v) is 13.6. The molecule has 5 nitrogen and oxygen atoms in total. The Labute approximate surface area is 140 Å². The summed E-state index contributed by atoms with van der Waals surface area (Å²) >= 11 is 0. The van der Waals surface area contributed by atoms with Crippen molar-refractivity contribution in [2.45, 2.75) is 25.2 Å². The molecule has 0 atom stereocenters. The van der Waals surface area contributed by atoms with Crippen LogP contribution in [0.25, 0.3) is 22.3 Å². The fraction of sp³-hybridized carbons (Fsp3) is 0.316. The molecule has 0 bridgehead atoms. The third-order valence-corrected chi connectivity index (χ3v) is 4.91. The number of aromatic amines is 1. The summed E-state index contributed by atoms with van der Waals surface area (Å²) in [6.07, 6.45) is 3.40. The largest absolute Gasteiger partial charge is 0.355 e. The Bertz CT molecular complexity index is 928. The first-order chi connectivity index (χ1) is 11.7. The Kier molecular flexibility index (Phi) is 3.55. The van der Waals surface area contributed by atoms with Crippen molar-refractivity contribution < 1.29 is 0 Å². The van der Waals surface area contributed by atoms with Crippen LogP contribution in [0, 0.1) is 18.3 Å². The second-order valence-electron chi connectivity index (χ2n) is 6.38. The van der Waals surface area contributed by atoms with Crippen LogP contribution in [0.2, 0.25) is 0 Å². The van der Waals surface area contributed by atoms with E-state index in [2.05, 4.69) is 27.4 Å². The highest BCUT2D eigenvalue weighted by Gasteiger charge is 2.35. The molecule has 4 heterocycles. The molecule has 0 unspecified atom stereocenters. The summed E-state index contributed by atoms with van der Waals surface area (Å²) in [5, 5.41) is 14.2. The number of nitrogens with one attached hydrogen (secondary N) is 2. The zero-order valence-electron chi connectivity index (χ0n) is 13.6. The van der Waals surface area contributed by atoms with Crippen LogP contribution in [0.1, 0.15) is 24.2 Å². The van der Waals surface area contributed by atoms with Gasteiger partial charge in [-0.1, -0.05) is 6.07 Å². The van der Waals surface area contributed by atoms with Gasteiger partial charge < -0.3 is 10.3 Å². The summed E-state index contributed by atoms with van der Waals surface area (Å²) in [5.41, 5.74) is 4.22. The number of aromatic nitrogens is 3. The number of piperidine rings is 1. The number of nitrogens with zero attached hydrogens (tertiary/aromatic N) is 3. The summed E-state index contributed by atoms with van der Waals surface area (Å²) in [4.78, 5) is 12.7. The van der Waals surface area contributed by atoms with Crippen LogP contribution in [-0.2, 0) is 5.41 Å². The molecule has 2 N–H and O–H groups in total. The monoisotopic (exact) mass is 317 g/mol. The molecule has 120 valence electrons. The molecule has 1 aliphatic heterocycles. The van der Waals surface area contributed by atoms with E-state index in [0.29, 0.717) is 0 Å². The average Bonchev–Trinajstić information content (AvgIpc) is 3.00. The Morgan fingerprint density at radius 3 is 2.79 bits per heavy atom. The van der Waals surface area contributed by atoms with Crippen LogP contribution in [0.3, 0.4) is 0 Å². The average molecular weight is 317 g/mol. The number of pyridine rings is 2. The van der Waals surface area contributed by atoms with E-state index in [4.69, 9.17) is 4.98 Å². The number of aryl methyl sites for hydroxylation is 1. The van der Waals surface area contributed by atoms with Crippen LogP contribution in [-0.4, -0.2) is 28.0 Å². The molecule has 3 aromatic heterocycles. The normalized spacial score (nSPS) is 16.8. The van der Waals surface area contributed by atoms with Gasteiger partial charge in [-0.05, 0) is 57.1 Å². The van der Waals surface area contributed by atoms with Gasteiger partial charge in [-0.2, -0.15) is 5.26 Å². The summed E-state index contributed by atoms with van der Waals surface area (Å²) < 4.78 is 0. The first kappa shape index (κ1) is 14.9. The van der Waals surface area contributed by atoms with Gasteiger partial charge in [0.25, 0.3) is 0 Å². The zero-order chi connectivity index (χ0) is 16.6. The quantitative estimate of drug-likeness (QED) is 0.761.